The Morgan fingerprint density at radius 1 is 1.50 bits per heavy atom. The van der Waals surface area contributed by atoms with Crippen LogP contribution in [0.5, 0.6) is 0 Å². The zero-order chi connectivity index (χ0) is 12.1. The Labute approximate surface area is 98.8 Å². The van der Waals surface area contributed by atoms with E-state index in [2.05, 4.69) is 18.9 Å². The van der Waals surface area contributed by atoms with Gasteiger partial charge in [0.1, 0.15) is 0 Å². The first-order valence-corrected chi connectivity index (χ1v) is 6.22. The van der Waals surface area contributed by atoms with Gasteiger partial charge in [-0.15, -0.1) is 0 Å². The molecule has 2 atom stereocenters. The van der Waals surface area contributed by atoms with E-state index in [1.165, 1.54) is 0 Å². The van der Waals surface area contributed by atoms with Crippen LogP contribution in [-0.2, 0) is 4.79 Å². The normalized spacial score (nSPS) is 25.2. The summed E-state index contributed by atoms with van der Waals surface area (Å²) in [7, 11) is 2.12. The Kier molecular flexibility index (Phi) is 5.22. The maximum absolute atomic E-state index is 12.1. The average Bonchev–Trinajstić information content (AvgIpc) is 2.38. The smallest absolute Gasteiger partial charge is 0.223 e. The molecule has 1 saturated heterocycles. The molecule has 0 aromatic rings. The molecule has 1 aliphatic heterocycles. The van der Waals surface area contributed by atoms with Crippen molar-refractivity contribution in [2.24, 2.45) is 11.7 Å². The van der Waals surface area contributed by atoms with Crippen molar-refractivity contribution in [1.29, 1.82) is 0 Å². The van der Waals surface area contributed by atoms with E-state index in [0.717, 1.165) is 26.1 Å². The van der Waals surface area contributed by atoms with E-state index in [0.29, 0.717) is 24.9 Å². The van der Waals surface area contributed by atoms with Crippen LogP contribution in [0, 0.1) is 5.92 Å². The molecular formula is C12H25N3O. The topological polar surface area (TPSA) is 49.6 Å². The van der Waals surface area contributed by atoms with Crippen LogP contribution in [-0.4, -0.2) is 55.0 Å². The third-order valence-electron chi connectivity index (χ3n) is 3.29. The SMILES string of the molecule is CC(CN)CC(=O)N1CCCN(C)CC1C. The summed E-state index contributed by atoms with van der Waals surface area (Å²) in [6.07, 6.45) is 1.66. The predicted octanol–water partition coefficient (Wildman–Crippen LogP) is 0.524. The summed E-state index contributed by atoms with van der Waals surface area (Å²) >= 11 is 0. The van der Waals surface area contributed by atoms with Crippen LogP contribution in [0.1, 0.15) is 26.7 Å². The van der Waals surface area contributed by atoms with E-state index in [9.17, 15) is 4.79 Å². The number of carbonyl (C=O) groups is 1. The molecule has 0 aliphatic carbocycles. The molecule has 1 aliphatic rings. The lowest BCUT2D eigenvalue weighted by Crippen LogP contribution is -2.42. The minimum absolute atomic E-state index is 0.265. The third-order valence-corrected chi connectivity index (χ3v) is 3.29. The number of hydrogen-bond acceptors (Lipinski definition) is 3. The Hall–Kier alpha value is -0.610. The first-order valence-electron chi connectivity index (χ1n) is 6.22. The summed E-state index contributed by atoms with van der Waals surface area (Å²) < 4.78 is 0. The number of amides is 1. The number of hydrogen-bond donors (Lipinski definition) is 1. The molecule has 1 amide bonds. The lowest BCUT2D eigenvalue weighted by atomic mass is 10.1. The maximum atomic E-state index is 12.1. The van der Waals surface area contributed by atoms with E-state index in [1.807, 2.05) is 11.8 Å². The van der Waals surface area contributed by atoms with Crippen molar-refractivity contribution in [3.05, 3.63) is 0 Å². The van der Waals surface area contributed by atoms with E-state index in [-0.39, 0.29) is 5.91 Å². The Morgan fingerprint density at radius 2 is 2.19 bits per heavy atom. The van der Waals surface area contributed by atoms with E-state index < -0.39 is 0 Å². The highest BCUT2D eigenvalue weighted by molar-refractivity contribution is 5.76. The minimum atomic E-state index is 0.265. The molecule has 0 aromatic carbocycles. The monoisotopic (exact) mass is 227 g/mol. The molecule has 2 N–H and O–H groups in total. The molecule has 1 fully saturated rings. The van der Waals surface area contributed by atoms with Crippen LogP contribution in [0.3, 0.4) is 0 Å². The summed E-state index contributed by atoms with van der Waals surface area (Å²) in [5.74, 6) is 0.557. The van der Waals surface area contributed by atoms with Crippen LogP contribution in [0.15, 0.2) is 0 Å². The highest BCUT2D eigenvalue weighted by atomic mass is 16.2. The molecule has 0 spiro atoms. The Balaban J connectivity index is 2.53. The van der Waals surface area contributed by atoms with Gasteiger partial charge in [-0.25, -0.2) is 0 Å². The van der Waals surface area contributed by atoms with Crippen LogP contribution in [0.4, 0.5) is 0 Å². The van der Waals surface area contributed by atoms with Crippen LogP contribution in [0.2, 0.25) is 0 Å². The van der Waals surface area contributed by atoms with Crippen molar-refractivity contribution < 1.29 is 4.79 Å². The zero-order valence-electron chi connectivity index (χ0n) is 10.8. The molecule has 94 valence electrons. The van der Waals surface area contributed by atoms with Gasteiger partial charge >= 0.3 is 0 Å². The Morgan fingerprint density at radius 3 is 2.81 bits per heavy atom. The van der Waals surface area contributed by atoms with Gasteiger partial charge in [0, 0.05) is 25.6 Å². The number of rotatable bonds is 3. The molecule has 4 heteroatoms. The van der Waals surface area contributed by atoms with Crippen LogP contribution >= 0.6 is 0 Å². The second-order valence-corrected chi connectivity index (χ2v) is 5.10. The summed E-state index contributed by atoms with van der Waals surface area (Å²) in [5, 5.41) is 0. The number of nitrogens with zero attached hydrogens (tertiary/aromatic N) is 2. The fourth-order valence-corrected chi connectivity index (χ4v) is 2.24. The summed E-state index contributed by atoms with van der Waals surface area (Å²) in [6.45, 7) is 7.71. The van der Waals surface area contributed by atoms with Crippen LogP contribution < -0.4 is 5.73 Å². The van der Waals surface area contributed by atoms with Gasteiger partial charge in [0.05, 0.1) is 0 Å². The van der Waals surface area contributed by atoms with Gasteiger partial charge in [-0.05, 0) is 39.4 Å². The van der Waals surface area contributed by atoms with Gasteiger partial charge in [0.15, 0.2) is 0 Å². The fourth-order valence-electron chi connectivity index (χ4n) is 2.24. The molecule has 1 rings (SSSR count). The molecule has 0 saturated carbocycles. The van der Waals surface area contributed by atoms with Gasteiger partial charge in [0.2, 0.25) is 5.91 Å². The average molecular weight is 227 g/mol. The lowest BCUT2D eigenvalue weighted by molar-refractivity contribution is -0.133. The Bertz CT molecular complexity index is 232. The van der Waals surface area contributed by atoms with Crippen molar-refractivity contribution in [3.8, 4) is 0 Å². The third kappa shape index (κ3) is 3.76. The number of likely N-dealkylation sites (N-methyl/N-ethyl adjacent to an activating group) is 1. The van der Waals surface area contributed by atoms with Gasteiger partial charge in [-0.1, -0.05) is 6.92 Å². The predicted molar refractivity (Wildman–Crippen MR) is 66.1 cm³/mol. The first kappa shape index (κ1) is 13.5. The molecule has 2 unspecified atom stereocenters. The van der Waals surface area contributed by atoms with Crippen molar-refractivity contribution in [3.63, 3.8) is 0 Å². The van der Waals surface area contributed by atoms with Gasteiger partial charge < -0.3 is 15.5 Å². The molecule has 16 heavy (non-hydrogen) atoms. The highest BCUT2D eigenvalue weighted by Crippen LogP contribution is 2.12. The van der Waals surface area contributed by atoms with Gasteiger partial charge in [-0.2, -0.15) is 0 Å². The van der Waals surface area contributed by atoms with Gasteiger partial charge in [0.25, 0.3) is 0 Å². The largest absolute Gasteiger partial charge is 0.339 e. The summed E-state index contributed by atoms with van der Waals surface area (Å²) in [4.78, 5) is 16.4. The maximum Gasteiger partial charge on any atom is 0.223 e. The van der Waals surface area contributed by atoms with E-state index in [4.69, 9.17) is 5.73 Å². The quantitative estimate of drug-likeness (QED) is 0.765. The van der Waals surface area contributed by atoms with Crippen molar-refractivity contribution >= 4 is 5.91 Å². The molecule has 0 aromatic heterocycles. The van der Waals surface area contributed by atoms with Crippen molar-refractivity contribution in [1.82, 2.24) is 9.80 Å². The number of nitrogens with two attached hydrogens (primary N) is 1. The fraction of sp³-hybridized carbons (Fsp3) is 0.917. The molecular weight excluding hydrogens is 202 g/mol. The van der Waals surface area contributed by atoms with Crippen molar-refractivity contribution in [2.45, 2.75) is 32.7 Å². The minimum Gasteiger partial charge on any atom is -0.339 e. The van der Waals surface area contributed by atoms with Crippen LogP contribution in [0.25, 0.3) is 0 Å². The van der Waals surface area contributed by atoms with Gasteiger partial charge in [-0.3, -0.25) is 4.79 Å². The standard InChI is InChI=1S/C12H25N3O/c1-10(8-13)7-12(16)15-6-4-5-14(3)9-11(15)2/h10-11H,4-9,13H2,1-3H3. The second-order valence-electron chi connectivity index (χ2n) is 5.10. The molecule has 4 nitrogen and oxygen atoms in total. The highest BCUT2D eigenvalue weighted by Gasteiger charge is 2.24. The summed E-state index contributed by atoms with van der Waals surface area (Å²) in [6, 6.07) is 0.324. The van der Waals surface area contributed by atoms with Crippen molar-refractivity contribution in [2.75, 3.05) is 33.2 Å². The van der Waals surface area contributed by atoms with E-state index in [1.54, 1.807) is 0 Å². The molecule has 1 heterocycles. The lowest BCUT2D eigenvalue weighted by Gasteiger charge is -2.29. The molecule has 0 radical (unpaired) electrons. The number of carbonyl (C=O) groups excluding carboxylic acids is 1. The zero-order valence-corrected chi connectivity index (χ0v) is 10.8. The summed E-state index contributed by atoms with van der Waals surface area (Å²) in [5.41, 5.74) is 5.56. The van der Waals surface area contributed by atoms with E-state index >= 15 is 0 Å². The first-order chi connectivity index (χ1) is 7.54. The second kappa shape index (κ2) is 6.21. The molecule has 0 bridgehead atoms.